The van der Waals surface area contributed by atoms with Crippen LogP contribution in [0.4, 0.5) is 0 Å². The fraction of sp³-hybridized carbons (Fsp3) is 0.143. The highest BCUT2D eigenvalue weighted by molar-refractivity contribution is 14.1. The zero-order chi connectivity index (χ0) is 13.1. The summed E-state index contributed by atoms with van der Waals surface area (Å²) in [6.45, 7) is 1.92. The van der Waals surface area contributed by atoms with Crippen molar-refractivity contribution in [2.45, 2.75) is 13.0 Å². The molecule has 0 heterocycles. The number of ether oxygens (including phenoxy) is 1. The summed E-state index contributed by atoms with van der Waals surface area (Å²) in [5.74, 6) is 1.42. The standard InChI is InChI=1S/C14H13ClINO/c1-9(17)10-5-6-14(13(15)7-10)18-12-4-2-3-11(16)8-12/h2-9H,17H2,1H3. The van der Waals surface area contributed by atoms with Gasteiger partial charge >= 0.3 is 0 Å². The lowest BCUT2D eigenvalue weighted by Gasteiger charge is -2.11. The van der Waals surface area contributed by atoms with Gasteiger partial charge in [0.05, 0.1) is 5.02 Å². The van der Waals surface area contributed by atoms with Gasteiger partial charge in [-0.1, -0.05) is 23.7 Å². The molecule has 2 nitrogen and oxygen atoms in total. The van der Waals surface area contributed by atoms with Gasteiger partial charge in [0.2, 0.25) is 0 Å². The smallest absolute Gasteiger partial charge is 0.146 e. The largest absolute Gasteiger partial charge is 0.456 e. The first-order valence-electron chi connectivity index (χ1n) is 5.54. The molecule has 4 heteroatoms. The molecule has 0 aromatic heterocycles. The molecule has 0 fully saturated rings. The van der Waals surface area contributed by atoms with Crippen LogP contribution in [0.3, 0.4) is 0 Å². The van der Waals surface area contributed by atoms with Crippen LogP contribution in [0.2, 0.25) is 5.02 Å². The molecule has 0 aliphatic carbocycles. The average molecular weight is 374 g/mol. The van der Waals surface area contributed by atoms with Crippen LogP contribution in [0.1, 0.15) is 18.5 Å². The molecular weight excluding hydrogens is 361 g/mol. The van der Waals surface area contributed by atoms with Crippen molar-refractivity contribution in [2.75, 3.05) is 0 Å². The third-order valence-electron chi connectivity index (χ3n) is 2.51. The number of nitrogens with two attached hydrogens (primary N) is 1. The summed E-state index contributed by atoms with van der Waals surface area (Å²) in [5, 5.41) is 0.573. The zero-order valence-electron chi connectivity index (χ0n) is 9.86. The summed E-state index contributed by atoms with van der Waals surface area (Å²) in [6, 6.07) is 13.4. The monoisotopic (exact) mass is 373 g/mol. The Balaban J connectivity index is 2.24. The Kier molecular flexibility index (Phi) is 4.48. The number of halogens is 2. The van der Waals surface area contributed by atoms with Crippen molar-refractivity contribution in [3.8, 4) is 11.5 Å². The molecule has 0 aliphatic rings. The van der Waals surface area contributed by atoms with Crippen molar-refractivity contribution >= 4 is 34.2 Å². The van der Waals surface area contributed by atoms with E-state index in [1.54, 1.807) is 0 Å². The molecule has 18 heavy (non-hydrogen) atoms. The first kappa shape index (κ1) is 13.6. The second-order valence-electron chi connectivity index (χ2n) is 4.04. The fourth-order valence-corrected chi connectivity index (χ4v) is 2.28. The van der Waals surface area contributed by atoms with Gasteiger partial charge in [-0.05, 0) is 65.4 Å². The van der Waals surface area contributed by atoms with E-state index in [9.17, 15) is 0 Å². The minimum absolute atomic E-state index is 0.0331. The first-order valence-corrected chi connectivity index (χ1v) is 7.00. The highest BCUT2D eigenvalue weighted by Crippen LogP contribution is 2.31. The minimum atomic E-state index is -0.0331. The molecule has 2 N–H and O–H groups in total. The fourth-order valence-electron chi connectivity index (χ4n) is 1.54. The molecule has 0 amide bonds. The van der Waals surface area contributed by atoms with E-state index in [1.807, 2.05) is 49.4 Å². The van der Waals surface area contributed by atoms with Crippen LogP contribution in [0.15, 0.2) is 42.5 Å². The van der Waals surface area contributed by atoms with Gasteiger partial charge in [-0.15, -0.1) is 0 Å². The second kappa shape index (κ2) is 5.91. The van der Waals surface area contributed by atoms with Gasteiger partial charge in [-0.25, -0.2) is 0 Å². The lowest BCUT2D eigenvalue weighted by atomic mass is 10.1. The maximum absolute atomic E-state index is 6.18. The Labute approximate surface area is 125 Å². The van der Waals surface area contributed by atoms with Gasteiger partial charge in [-0.3, -0.25) is 0 Å². The second-order valence-corrected chi connectivity index (χ2v) is 5.69. The van der Waals surface area contributed by atoms with Gasteiger partial charge in [0.25, 0.3) is 0 Å². The maximum Gasteiger partial charge on any atom is 0.146 e. The summed E-state index contributed by atoms with van der Waals surface area (Å²) in [5.41, 5.74) is 6.80. The molecule has 0 radical (unpaired) electrons. The molecule has 0 bridgehead atoms. The molecule has 2 aromatic rings. The van der Waals surface area contributed by atoms with Gasteiger partial charge < -0.3 is 10.5 Å². The summed E-state index contributed by atoms with van der Waals surface area (Å²) in [4.78, 5) is 0. The Morgan fingerprint density at radius 3 is 2.61 bits per heavy atom. The Morgan fingerprint density at radius 1 is 1.22 bits per heavy atom. The molecular formula is C14H13ClINO. The van der Waals surface area contributed by atoms with E-state index in [-0.39, 0.29) is 6.04 Å². The van der Waals surface area contributed by atoms with Crippen molar-refractivity contribution < 1.29 is 4.74 Å². The van der Waals surface area contributed by atoms with Crippen molar-refractivity contribution in [2.24, 2.45) is 5.73 Å². The average Bonchev–Trinajstić information content (AvgIpc) is 2.31. The topological polar surface area (TPSA) is 35.2 Å². The summed E-state index contributed by atoms with van der Waals surface area (Å²) >= 11 is 8.42. The molecule has 2 rings (SSSR count). The number of hydrogen-bond acceptors (Lipinski definition) is 2. The van der Waals surface area contributed by atoms with Crippen molar-refractivity contribution in [1.29, 1.82) is 0 Å². The summed E-state index contributed by atoms with van der Waals surface area (Å²) < 4.78 is 6.87. The lowest BCUT2D eigenvalue weighted by molar-refractivity contribution is 0.482. The van der Waals surface area contributed by atoms with Crippen LogP contribution >= 0.6 is 34.2 Å². The maximum atomic E-state index is 6.18. The predicted molar refractivity (Wildman–Crippen MR) is 83.3 cm³/mol. The molecule has 1 atom stereocenters. The van der Waals surface area contributed by atoms with Gasteiger partial charge in [-0.2, -0.15) is 0 Å². The number of benzene rings is 2. The molecule has 0 aliphatic heterocycles. The Hall–Kier alpha value is -0.780. The molecule has 2 aromatic carbocycles. The van der Waals surface area contributed by atoms with Gasteiger partial charge in [0.1, 0.15) is 11.5 Å². The molecule has 94 valence electrons. The van der Waals surface area contributed by atoms with E-state index in [2.05, 4.69) is 22.6 Å². The van der Waals surface area contributed by atoms with Crippen LogP contribution in [0.25, 0.3) is 0 Å². The molecule has 0 spiro atoms. The zero-order valence-corrected chi connectivity index (χ0v) is 12.8. The third kappa shape index (κ3) is 3.37. The SMILES string of the molecule is CC(N)c1ccc(Oc2cccc(I)c2)c(Cl)c1. The van der Waals surface area contributed by atoms with E-state index >= 15 is 0 Å². The highest BCUT2D eigenvalue weighted by atomic mass is 127. The van der Waals surface area contributed by atoms with Crippen LogP contribution in [0.5, 0.6) is 11.5 Å². The minimum Gasteiger partial charge on any atom is -0.456 e. The van der Waals surface area contributed by atoms with E-state index in [0.29, 0.717) is 10.8 Å². The third-order valence-corrected chi connectivity index (χ3v) is 3.47. The van der Waals surface area contributed by atoms with Crippen LogP contribution in [-0.2, 0) is 0 Å². The number of hydrogen-bond donors (Lipinski definition) is 1. The predicted octanol–water partition coefficient (Wildman–Crippen LogP) is 4.76. The first-order chi connectivity index (χ1) is 8.56. The van der Waals surface area contributed by atoms with Crippen LogP contribution in [-0.4, -0.2) is 0 Å². The van der Waals surface area contributed by atoms with E-state index in [0.717, 1.165) is 14.9 Å². The number of rotatable bonds is 3. The Bertz CT molecular complexity index is 557. The summed E-state index contributed by atoms with van der Waals surface area (Å²) in [6.07, 6.45) is 0. The van der Waals surface area contributed by atoms with Crippen molar-refractivity contribution in [3.63, 3.8) is 0 Å². The summed E-state index contributed by atoms with van der Waals surface area (Å²) in [7, 11) is 0. The van der Waals surface area contributed by atoms with Gasteiger partial charge in [0, 0.05) is 9.61 Å². The van der Waals surface area contributed by atoms with Crippen LogP contribution < -0.4 is 10.5 Å². The van der Waals surface area contributed by atoms with E-state index in [4.69, 9.17) is 22.1 Å². The van der Waals surface area contributed by atoms with Crippen molar-refractivity contribution in [1.82, 2.24) is 0 Å². The molecule has 1 unspecified atom stereocenters. The normalized spacial score (nSPS) is 12.2. The molecule has 0 saturated carbocycles. The van der Waals surface area contributed by atoms with Crippen molar-refractivity contribution in [3.05, 3.63) is 56.6 Å². The lowest BCUT2D eigenvalue weighted by Crippen LogP contribution is -2.04. The van der Waals surface area contributed by atoms with E-state index in [1.165, 1.54) is 0 Å². The quantitative estimate of drug-likeness (QED) is 0.788. The Morgan fingerprint density at radius 2 is 2.00 bits per heavy atom. The van der Waals surface area contributed by atoms with E-state index < -0.39 is 0 Å². The molecule has 0 saturated heterocycles. The van der Waals surface area contributed by atoms with Crippen LogP contribution in [0, 0.1) is 3.57 Å². The van der Waals surface area contributed by atoms with Gasteiger partial charge in [0.15, 0.2) is 0 Å². The highest BCUT2D eigenvalue weighted by Gasteiger charge is 2.07.